The second kappa shape index (κ2) is 6.40. The van der Waals surface area contributed by atoms with Crippen LogP contribution in [0.1, 0.15) is 18.4 Å². The fourth-order valence-electron chi connectivity index (χ4n) is 2.29. The number of anilines is 1. The zero-order chi connectivity index (χ0) is 12.8. The van der Waals surface area contributed by atoms with Crippen LogP contribution in [0.2, 0.25) is 0 Å². The molecule has 4 nitrogen and oxygen atoms in total. The molecule has 1 fully saturated rings. The van der Waals surface area contributed by atoms with E-state index in [1.807, 2.05) is 24.3 Å². The number of nitrogens with two attached hydrogens (primary N) is 1. The van der Waals surface area contributed by atoms with Gasteiger partial charge >= 0.3 is 0 Å². The van der Waals surface area contributed by atoms with E-state index in [1.54, 1.807) is 0 Å². The largest absolute Gasteiger partial charge is 0.385 e. The number of nitrogens with one attached hydrogen (secondary N) is 2. The third kappa shape index (κ3) is 4.04. The average Bonchev–Trinajstić information content (AvgIpc) is 2.38. The van der Waals surface area contributed by atoms with Crippen LogP contribution in [0, 0.1) is 5.92 Å². The van der Waals surface area contributed by atoms with E-state index in [-0.39, 0.29) is 5.91 Å². The fraction of sp³-hybridized carbons (Fsp3) is 0.500. The van der Waals surface area contributed by atoms with Gasteiger partial charge in [0, 0.05) is 12.2 Å². The van der Waals surface area contributed by atoms with E-state index in [1.165, 1.54) is 12.8 Å². The molecule has 0 spiro atoms. The van der Waals surface area contributed by atoms with Gasteiger partial charge < -0.3 is 16.4 Å². The van der Waals surface area contributed by atoms with E-state index in [0.29, 0.717) is 6.42 Å². The van der Waals surface area contributed by atoms with Crippen molar-refractivity contribution in [3.05, 3.63) is 29.8 Å². The lowest BCUT2D eigenvalue weighted by molar-refractivity contribution is -0.117. The highest BCUT2D eigenvalue weighted by Gasteiger charge is 2.12. The lowest BCUT2D eigenvalue weighted by Gasteiger charge is -2.23. The first-order chi connectivity index (χ1) is 8.74. The van der Waals surface area contributed by atoms with Gasteiger partial charge in [0.2, 0.25) is 5.91 Å². The molecular formula is C14H21N3O. The van der Waals surface area contributed by atoms with Gasteiger partial charge in [0.15, 0.2) is 0 Å². The van der Waals surface area contributed by atoms with Gasteiger partial charge in [-0.25, -0.2) is 0 Å². The van der Waals surface area contributed by atoms with Crippen molar-refractivity contribution in [1.82, 2.24) is 5.32 Å². The SMILES string of the molecule is NC(=O)Cc1ccc(NCC2CCNCC2)cc1. The summed E-state index contributed by atoms with van der Waals surface area (Å²) < 4.78 is 0. The molecule has 4 N–H and O–H groups in total. The summed E-state index contributed by atoms with van der Waals surface area (Å²) in [6.45, 7) is 3.28. The molecule has 0 unspecified atom stereocenters. The summed E-state index contributed by atoms with van der Waals surface area (Å²) in [5, 5.41) is 6.82. The van der Waals surface area contributed by atoms with Crippen LogP contribution in [0.3, 0.4) is 0 Å². The number of rotatable bonds is 5. The molecule has 4 heteroatoms. The minimum Gasteiger partial charge on any atom is -0.385 e. The molecule has 0 aromatic heterocycles. The third-order valence-corrected chi connectivity index (χ3v) is 3.39. The topological polar surface area (TPSA) is 67.2 Å². The van der Waals surface area contributed by atoms with Crippen molar-refractivity contribution in [3.63, 3.8) is 0 Å². The van der Waals surface area contributed by atoms with E-state index in [9.17, 15) is 4.79 Å². The molecule has 0 aliphatic carbocycles. The molecule has 1 heterocycles. The predicted molar refractivity (Wildman–Crippen MR) is 73.4 cm³/mol. The van der Waals surface area contributed by atoms with Crippen LogP contribution < -0.4 is 16.4 Å². The van der Waals surface area contributed by atoms with Gasteiger partial charge in [-0.05, 0) is 49.5 Å². The minimum atomic E-state index is -0.287. The summed E-state index contributed by atoms with van der Waals surface area (Å²) in [5.41, 5.74) is 7.24. The number of amides is 1. The zero-order valence-corrected chi connectivity index (χ0v) is 10.6. The first kappa shape index (κ1) is 12.9. The summed E-state index contributed by atoms with van der Waals surface area (Å²) >= 11 is 0. The molecule has 1 saturated heterocycles. The van der Waals surface area contributed by atoms with Gasteiger partial charge in [0.1, 0.15) is 0 Å². The summed E-state index contributed by atoms with van der Waals surface area (Å²) in [7, 11) is 0. The van der Waals surface area contributed by atoms with Crippen molar-refractivity contribution in [2.45, 2.75) is 19.3 Å². The van der Waals surface area contributed by atoms with Crippen molar-refractivity contribution in [2.75, 3.05) is 25.0 Å². The third-order valence-electron chi connectivity index (χ3n) is 3.39. The summed E-state index contributed by atoms with van der Waals surface area (Å²) in [6, 6.07) is 7.93. The van der Waals surface area contributed by atoms with Crippen molar-refractivity contribution in [1.29, 1.82) is 0 Å². The Hall–Kier alpha value is -1.55. The van der Waals surface area contributed by atoms with Gasteiger partial charge in [-0.2, -0.15) is 0 Å². The molecule has 98 valence electrons. The first-order valence-electron chi connectivity index (χ1n) is 6.56. The predicted octanol–water partition coefficient (Wildman–Crippen LogP) is 1.13. The molecule has 0 bridgehead atoms. The Morgan fingerprint density at radius 3 is 2.56 bits per heavy atom. The number of hydrogen-bond acceptors (Lipinski definition) is 3. The van der Waals surface area contributed by atoms with Crippen LogP contribution >= 0.6 is 0 Å². The van der Waals surface area contributed by atoms with Crippen LogP contribution in [-0.2, 0) is 11.2 Å². The van der Waals surface area contributed by atoms with E-state index in [2.05, 4.69) is 10.6 Å². The van der Waals surface area contributed by atoms with Gasteiger partial charge in [-0.15, -0.1) is 0 Å². The van der Waals surface area contributed by atoms with Crippen molar-refractivity contribution in [2.24, 2.45) is 11.7 Å². The summed E-state index contributed by atoms with van der Waals surface area (Å²) in [4.78, 5) is 10.8. The molecule has 0 atom stereocenters. The highest BCUT2D eigenvalue weighted by atomic mass is 16.1. The van der Waals surface area contributed by atoms with Gasteiger partial charge in [-0.3, -0.25) is 4.79 Å². The Morgan fingerprint density at radius 2 is 1.94 bits per heavy atom. The molecule has 1 aromatic carbocycles. The maximum absolute atomic E-state index is 10.8. The van der Waals surface area contributed by atoms with Crippen molar-refractivity contribution in [3.8, 4) is 0 Å². The fourth-order valence-corrected chi connectivity index (χ4v) is 2.29. The summed E-state index contributed by atoms with van der Waals surface area (Å²) in [5.74, 6) is 0.474. The number of primary amides is 1. The number of piperidine rings is 1. The van der Waals surface area contributed by atoms with Crippen LogP contribution in [-0.4, -0.2) is 25.5 Å². The maximum atomic E-state index is 10.8. The smallest absolute Gasteiger partial charge is 0.221 e. The molecule has 2 rings (SSSR count). The van der Waals surface area contributed by atoms with Crippen molar-refractivity contribution >= 4 is 11.6 Å². The highest BCUT2D eigenvalue weighted by Crippen LogP contribution is 2.15. The number of carbonyl (C=O) groups excluding carboxylic acids is 1. The van der Waals surface area contributed by atoms with E-state index >= 15 is 0 Å². The molecule has 1 aliphatic heterocycles. The molecule has 0 radical (unpaired) electrons. The Labute approximate surface area is 108 Å². The van der Waals surface area contributed by atoms with Crippen LogP contribution in [0.15, 0.2) is 24.3 Å². The van der Waals surface area contributed by atoms with Gasteiger partial charge in [0.25, 0.3) is 0 Å². The number of benzene rings is 1. The summed E-state index contributed by atoms with van der Waals surface area (Å²) in [6.07, 6.45) is 2.80. The number of carbonyl (C=O) groups is 1. The molecule has 1 aliphatic rings. The molecule has 0 saturated carbocycles. The maximum Gasteiger partial charge on any atom is 0.221 e. The number of hydrogen-bond donors (Lipinski definition) is 3. The monoisotopic (exact) mass is 247 g/mol. The second-order valence-electron chi connectivity index (χ2n) is 4.91. The van der Waals surface area contributed by atoms with Crippen molar-refractivity contribution < 1.29 is 4.79 Å². The van der Waals surface area contributed by atoms with Gasteiger partial charge in [-0.1, -0.05) is 12.1 Å². The Bertz CT molecular complexity index is 383. The zero-order valence-electron chi connectivity index (χ0n) is 10.6. The quantitative estimate of drug-likeness (QED) is 0.730. The highest BCUT2D eigenvalue weighted by molar-refractivity contribution is 5.76. The second-order valence-corrected chi connectivity index (χ2v) is 4.91. The lowest BCUT2D eigenvalue weighted by Crippen LogP contribution is -2.31. The molecule has 1 amide bonds. The van der Waals surface area contributed by atoms with E-state index in [4.69, 9.17) is 5.73 Å². The van der Waals surface area contributed by atoms with Crippen LogP contribution in [0.25, 0.3) is 0 Å². The Kier molecular flexibility index (Phi) is 4.59. The minimum absolute atomic E-state index is 0.287. The Balaban J connectivity index is 1.80. The lowest BCUT2D eigenvalue weighted by atomic mass is 9.98. The van der Waals surface area contributed by atoms with Gasteiger partial charge in [0.05, 0.1) is 6.42 Å². The first-order valence-corrected chi connectivity index (χ1v) is 6.56. The standard InChI is InChI=1S/C14H21N3O/c15-14(18)9-11-1-3-13(4-2-11)17-10-12-5-7-16-8-6-12/h1-4,12,16-17H,5-10H2,(H2,15,18). The van der Waals surface area contributed by atoms with E-state index in [0.717, 1.165) is 36.8 Å². The molecule has 1 aromatic rings. The average molecular weight is 247 g/mol. The molecular weight excluding hydrogens is 226 g/mol. The van der Waals surface area contributed by atoms with Crippen LogP contribution in [0.5, 0.6) is 0 Å². The Morgan fingerprint density at radius 1 is 1.28 bits per heavy atom. The van der Waals surface area contributed by atoms with Crippen LogP contribution in [0.4, 0.5) is 5.69 Å². The normalized spacial score (nSPS) is 16.4. The molecule has 18 heavy (non-hydrogen) atoms. The van der Waals surface area contributed by atoms with E-state index < -0.39 is 0 Å².